The van der Waals surface area contributed by atoms with Crippen LogP contribution in [0.4, 0.5) is 15.8 Å². The Kier molecular flexibility index (Phi) is 6.54. The van der Waals surface area contributed by atoms with Crippen molar-refractivity contribution < 1.29 is 14.3 Å². The van der Waals surface area contributed by atoms with Gasteiger partial charge in [0.2, 0.25) is 5.91 Å². The van der Waals surface area contributed by atoms with Gasteiger partial charge < -0.3 is 15.3 Å². The first-order chi connectivity index (χ1) is 13.7. The zero-order chi connectivity index (χ0) is 21.2. The Labute approximate surface area is 176 Å². The van der Waals surface area contributed by atoms with Crippen molar-refractivity contribution in [3.63, 3.8) is 0 Å². The molecule has 0 spiro atoms. The minimum absolute atomic E-state index is 0.0537. The van der Waals surface area contributed by atoms with E-state index in [1.54, 1.807) is 17.8 Å². The molecule has 0 radical (unpaired) electrons. The maximum absolute atomic E-state index is 13.6. The number of amides is 1. The largest absolute Gasteiger partial charge is 0.392 e. The van der Waals surface area contributed by atoms with Gasteiger partial charge in [0, 0.05) is 35.7 Å². The summed E-state index contributed by atoms with van der Waals surface area (Å²) in [6, 6.07) is 8.90. The van der Waals surface area contributed by atoms with Crippen LogP contribution in [0.5, 0.6) is 0 Å². The topological polar surface area (TPSA) is 52.6 Å². The van der Waals surface area contributed by atoms with Gasteiger partial charge in [0.25, 0.3) is 0 Å². The molecule has 1 aliphatic heterocycles. The zero-order valence-electron chi connectivity index (χ0n) is 17.5. The fourth-order valence-electron chi connectivity index (χ4n) is 3.59. The van der Waals surface area contributed by atoms with Gasteiger partial charge in [-0.1, -0.05) is 33.8 Å². The number of anilines is 2. The molecule has 2 N–H and O–H groups in total. The second kappa shape index (κ2) is 8.76. The number of hydrogen-bond donors (Lipinski definition) is 2. The summed E-state index contributed by atoms with van der Waals surface area (Å²) in [5.74, 6) is 0.574. The molecule has 0 aromatic heterocycles. The highest BCUT2D eigenvalue weighted by Crippen LogP contribution is 2.38. The SMILES string of the molecule is CCSc1cc(N2Cc3ccc(F)cc3C2)cc(CO)c1NC(=O)CC(C)(C)C. The number of carbonyl (C=O) groups is 1. The number of thioether (sulfide) groups is 1. The summed E-state index contributed by atoms with van der Waals surface area (Å²) in [6.07, 6.45) is 0.406. The van der Waals surface area contributed by atoms with Crippen molar-refractivity contribution in [1.29, 1.82) is 0 Å². The van der Waals surface area contributed by atoms with E-state index in [1.807, 2.05) is 32.9 Å². The van der Waals surface area contributed by atoms with E-state index >= 15 is 0 Å². The Morgan fingerprint density at radius 1 is 1.21 bits per heavy atom. The molecule has 6 heteroatoms. The molecular formula is C23H29FN2O2S. The van der Waals surface area contributed by atoms with Gasteiger partial charge in [0.15, 0.2) is 0 Å². The minimum Gasteiger partial charge on any atom is -0.392 e. The van der Waals surface area contributed by atoms with Gasteiger partial charge in [0.1, 0.15) is 5.82 Å². The maximum Gasteiger partial charge on any atom is 0.224 e. The minimum atomic E-state index is -0.221. The quantitative estimate of drug-likeness (QED) is 0.626. The van der Waals surface area contributed by atoms with Crippen molar-refractivity contribution in [1.82, 2.24) is 0 Å². The third kappa shape index (κ3) is 5.31. The number of fused-ring (bicyclic) bond motifs is 1. The molecule has 0 atom stereocenters. The molecular weight excluding hydrogens is 387 g/mol. The van der Waals surface area contributed by atoms with Gasteiger partial charge >= 0.3 is 0 Å². The first-order valence-corrected chi connectivity index (χ1v) is 10.9. The van der Waals surface area contributed by atoms with Crippen molar-refractivity contribution >= 4 is 29.0 Å². The monoisotopic (exact) mass is 416 g/mol. The molecule has 0 aliphatic carbocycles. The third-order valence-corrected chi connectivity index (χ3v) is 5.77. The predicted molar refractivity (Wildman–Crippen MR) is 118 cm³/mol. The van der Waals surface area contributed by atoms with Crippen molar-refractivity contribution in [2.24, 2.45) is 5.41 Å². The number of carbonyl (C=O) groups excluding carboxylic acids is 1. The first-order valence-electron chi connectivity index (χ1n) is 9.93. The van der Waals surface area contributed by atoms with Crippen LogP contribution < -0.4 is 10.2 Å². The van der Waals surface area contributed by atoms with E-state index in [2.05, 4.69) is 23.2 Å². The molecule has 3 rings (SSSR count). The highest BCUT2D eigenvalue weighted by molar-refractivity contribution is 7.99. The lowest BCUT2D eigenvalue weighted by Gasteiger charge is -2.23. The van der Waals surface area contributed by atoms with Gasteiger partial charge in [0.05, 0.1) is 12.3 Å². The summed E-state index contributed by atoms with van der Waals surface area (Å²) >= 11 is 1.64. The molecule has 2 aromatic rings. The number of aliphatic hydroxyl groups excluding tert-OH is 1. The molecule has 0 unspecified atom stereocenters. The van der Waals surface area contributed by atoms with Gasteiger partial charge in [-0.25, -0.2) is 4.39 Å². The van der Waals surface area contributed by atoms with Crippen LogP contribution in [0.3, 0.4) is 0 Å². The van der Waals surface area contributed by atoms with Crippen LogP contribution >= 0.6 is 11.8 Å². The lowest BCUT2D eigenvalue weighted by Crippen LogP contribution is -2.21. The second-order valence-electron chi connectivity index (χ2n) is 8.62. The van der Waals surface area contributed by atoms with E-state index in [9.17, 15) is 14.3 Å². The van der Waals surface area contributed by atoms with E-state index in [1.165, 1.54) is 6.07 Å². The average Bonchev–Trinajstić information content (AvgIpc) is 3.04. The summed E-state index contributed by atoms with van der Waals surface area (Å²) in [5, 5.41) is 13.0. The highest BCUT2D eigenvalue weighted by atomic mass is 32.2. The number of rotatable bonds is 6. The Morgan fingerprint density at radius 2 is 1.93 bits per heavy atom. The van der Waals surface area contributed by atoms with Gasteiger partial charge in [-0.3, -0.25) is 4.79 Å². The van der Waals surface area contributed by atoms with Crippen LogP contribution in [0, 0.1) is 11.2 Å². The molecule has 4 nitrogen and oxygen atoms in total. The lowest BCUT2D eigenvalue weighted by atomic mass is 9.92. The average molecular weight is 417 g/mol. The van der Waals surface area contributed by atoms with E-state index in [0.717, 1.165) is 27.5 Å². The standard InChI is InChI=1S/C23H29FN2O2S/c1-5-29-20-10-19(26-12-15-6-7-18(24)8-16(15)13-26)9-17(14-27)22(20)25-21(28)11-23(2,3)4/h6-10,27H,5,11-14H2,1-4H3,(H,25,28). The Balaban J connectivity index is 1.91. The Bertz CT molecular complexity index is 908. The van der Waals surface area contributed by atoms with E-state index < -0.39 is 0 Å². The van der Waals surface area contributed by atoms with Crippen molar-refractivity contribution in [2.45, 2.75) is 58.7 Å². The van der Waals surface area contributed by atoms with E-state index in [0.29, 0.717) is 30.8 Å². The van der Waals surface area contributed by atoms with Crippen molar-refractivity contribution in [2.75, 3.05) is 16.0 Å². The number of benzene rings is 2. The van der Waals surface area contributed by atoms with E-state index in [4.69, 9.17) is 0 Å². The van der Waals surface area contributed by atoms with Crippen LogP contribution in [0.15, 0.2) is 35.2 Å². The van der Waals surface area contributed by atoms with Crippen LogP contribution in [-0.4, -0.2) is 16.8 Å². The predicted octanol–water partition coefficient (Wildman–Crippen LogP) is 5.32. The summed E-state index contributed by atoms with van der Waals surface area (Å²) in [4.78, 5) is 15.6. The van der Waals surface area contributed by atoms with Crippen LogP contribution in [-0.2, 0) is 24.5 Å². The molecule has 29 heavy (non-hydrogen) atoms. The molecule has 1 aliphatic rings. The molecule has 0 bridgehead atoms. The van der Waals surface area contributed by atoms with Gasteiger partial charge in [-0.15, -0.1) is 11.8 Å². The zero-order valence-corrected chi connectivity index (χ0v) is 18.3. The normalized spacial score (nSPS) is 13.5. The summed E-state index contributed by atoms with van der Waals surface area (Å²) in [6.45, 7) is 9.31. The molecule has 0 saturated carbocycles. The third-order valence-electron chi connectivity index (χ3n) is 4.85. The summed E-state index contributed by atoms with van der Waals surface area (Å²) in [5.41, 5.74) is 4.35. The smallest absolute Gasteiger partial charge is 0.224 e. The van der Waals surface area contributed by atoms with Crippen molar-refractivity contribution in [3.8, 4) is 0 Å². The molecule has 0 fully saturated rings. The number of aliphatic hydroxyl groups is 1. The molecule has 0 saturated heterocycles. The number of hydrogen-bond acceptors (Lipinski definition) is 4. The summed E-state index contributed by atoms with van der Waals surface area (Å²) < 4.78 is 13.6. The van der Waals surface area contributed by atoms with Crippen LogP contribution in [0.2, 0.25) is 0 Å². The number of nitrogens with one attached hydrogen (secondary N) is 1. The summed E-state index contributed by atoms with van der Waals surface area (Å²) in [7, 11) is 0. The second-order valence-corrected chi connectivity index (χ2v) is 9.93. The van der Waals surface area contributed by atoms with Crippen LogP contribution in [0.25, 0.3) is 0 Å². The highest BCUT2D eigenvalue weighted by Gasteiger charge is 2.23. The van der Waals surface area contributed by atoms with E-state index in [-0.39, 0.29) is 23.7 Å². The fourth-order valence-corrected chi connectivity index (χ4v) is 4.43. The first kappa shape index (κ1) is 21.7. The Hall–Kier alpha value is -2.05. The fraction of sp³-hybridized carbons (Fsp3) is 0.435. The maximum atomic E-state index is 13.6. The molecule has 1 heterocycles. The van der Waals surface area contributed by atoms with Gasteiger partial charge in [-0.05, 0) is 46.6 Å². The van der Waals surface area contributed by atoms with Crippen molar-refractivity contribution in [3.05, 3.63) is 52.8 Å². The molecule has 2 aromatic carbocycles. The van der Waals surface area contributed by atoms with Gasteiger partial charge in [-0.2, -0.15) is 0 Å². The lowest BCUT2D eigenvalue weighted by molar-refractivity contribution is -0.117. The Morgan fingerprint density at radius 3 is 2.59 bits per heavy atom. The number of nitrogens with zero attached hydrogens (tertiary/aromatic N) is 1. The molecule has 156 valence electrons. The molecule has 1 amide bonds. The number of halogens is 1. The van der Waals surface area contributed by atoms with Crippen LogP contribution in [0.1, 0.15) is 50.8 Å².